The minimum Gasteiger partial charge on any atom is -0.382 e. The second kappa shape index (κ2) is 7.47. The monoisotopic (exact) mass is 268 g/mol. The second-order valence-corrected chi connectivity index (χ2v) is 4.65. The van der Waals surface area contributed by atoms with Crippen LogP contribution in [0.15, 0.2) is 12.4 Å². The number of morpholine rings is 1. The van der Waals surface area contributed by atoms with Gasteiger partial charge in [0, 0.05) is 51.8 Å². The topological polar surface area (TPSA) is 65.5 Å². The molecule has 1 aliphatic rings. The Labute approximate surface area is 114 Å². The van der Waals surface area contributed by atoms with Crippen LogP contribution in [-0.4, -0.2) is 55.1 Å². The molecule has 6 heteroatoms. The van der Waals surface area contributed by atoms with Crippen molar-refractivity contribution in [1.29, 1.82) is 0 Å². The summed E-state index contributed by atoms with van der Waals surface area (Å²) >= 11 is 0. The van der Waals surface area contributed by atoms with Crippen molar-refractivity contribution in [3.05, 3.63) is 12.4 Å². The molecule has 1 aromatic rings. The molecule has 0 saturated carbocycles. The summed E-state index contributed by atoms with van der Waals surface area (Å²) in [7, 11) is 0. The maximum absolute atomic E-state index is 5.68. The van der Waals surface area contributed by atoms with E-state index in [1.165, 1.54) is 0 Å². The van der Waals surface area contributed by atoms with Gasteiger partial charge in [-0.25, -0.2) is 4.98 Å². The van der Waals surface area contributed by atoms with Gasteiger partial charge < -0.3 is 24.7 Å². The van der Waals surface area contributed by atoms with Gasteiger partial charge in [0.05, 0.1) is 12.7 Å². The molecule has 1 unspecified atom stereocenters. The lowest BCUT2D eigenvalue weighted by Crippen LogP contribution is -2.46. The highest BCUT2D eigenvalue weighted by Gasteiger charge is 2.22. The molecule has 0 bridgehead atoms. The predicted molar refractivity (Wildman–Crippen MR) is 74.3 cm³/mol. The maximum Gasteiger partial charge on any atom is 0.205 e. The number of anilines is 1. The number of aryl methyl sites for hydroxylation is 1. The minimum atomic E-state index is 0.113. The molecule has 19 heavy (non-hydrogen) atoms. The zero-order valence-electron chi connectivity index (χ0n) is 11.6. The van der Waals surface area contributed by atoms with Crippen LogP contribution < -0.4 is 10.6 Å². The summed E-state index contributed by atoms with van der Waals surface area (Å²) in [5.74, 6) is 1.01. The highest BCUT2D eigenvalue weighted by molar-refractivity contribution is 5.32. The Bertz CT molecular complexity index is 369. The molecule has 2 rings (SSSR count). The van der Waals surface area contributed by atoms with E-state index in [2.05, 4.69) is 14.5 Å². The van der Waals surface area contributed by atoms with Crippen LogP contribution in [0.2, 0.25) is 0 Å². The summed E-state index contributed by atoms with van der Waals surface area (Å²) in [6.07, 6.45) is 4.99. The van der Waals surface area contributed by atoms with Crippen LogP contribution in [0.25, 0.3) is 0 Å². The summed E-state index contributed by atoms with van der Waals surface area (Å²) < 4.78 is 13.1. The summed E-state index contributed by atoms with van der Waals surface area (Å²) in [5.41, 5.74) is 5.68. The van der Waals surface area contributed by atoms with Crippen molar-refractivity contribution in [3.8, 4) is 0 Å². The SMILES string of the molecule is CCOCCCn1ccnc1N1CCOC(CN)C1. The fourth-order valence-corrected chi connectivity index (χ4v) is 2.28. The molecular weight excluding hydrogens is 244 g/mol. The number of imidazole rings is 1. The van der Waals surface area contributed by atoms with Gasteiger partial charge in [0.1, 0.15) is 0 Å². The molecule has 1 saturated heterocycles. The van der Waals surface area contributed by atoms with Crippen LogP contribution in [0.5, 0.6) is 0 Å². The molecule has 6 nitrogen and oxygen atoms in total. The lowest BCUT2D eigenvalue weighted by atomic mass is 10.3. The molecule has 2 N–H and O–H groups in total. The lowest BCUT2D eigenvalue weighted by molar-refractivity contribution is 0.0457. The van der Waals surface area contributed by atoms with Gasteiger partial charge >= 0.3 is 0 Å². The first-order valence-electron chi connectivity index (χ1n) is 7.00. The van der Waals surface area contributed by atoms with E-state index in [4.69, 9.17) is 15.2 Å². The van der Waals surface area contributed by atoms with Gasteiger partial charge in [0.2, 0.25) is 5.95 Å². The Morgan fingerprint density at radius 1 is 1.58 bits per heavy atom. The molecule has 0 amide bonds. The average molecular weight is 268 g/mol. The van der Waals surface area contributed by atoms with Crippen molar-refractivity contribution in [2.45, 2.75) is 26.0 Å². The van der Waals surface area contributed by atoms with E-state index in [9.17, 15) is 0 Å². The summed E-state index contributed by atoms with van der Waals surface area (Å²) in [6, 6.07) is 0. The van der Waals surface area contributed by atoms with E-state index in [0.717, 1.165) is 45.2 Å². The van der Waals surface area contributed by atoms with Crippen molar-refractivity contribution in [2.75, 3.05) is 44.4 Å². The molecule has 0 spiro atoms. The highest BCUT2D eigenvalue weighted by atomic mass is 16.5. The van der Waals surface area contributed by atoms with Gasteiger partial charge in [-0.2, -0.15) is 0 Å². The summed E-state index contributed by atoms with van der Waals surface area (Å²) in [6.45, 7) is 7.48. The smallest absolute Gasteiger partial charge is 0.205 e. The van der Waals surface area contributed by atoms with Gasteiger partial charge in [0.25, 0.3) is 0 Å². The van der Waals surface area contributed by atoms with Crippen molar-refractivity contribution in [1.82, 2.24) is 9.55 Å². The summed E-state index contributed by atoms with van der Waals surface area (Å²) in [4.78, 5) is 6.71. The van der Waals surface area contributed by atoms with Gasteiger partial charge in [-0.15, -0.1) is 0 Å². The number of hydrogen-bond acceptors (Lipinski definition) is 5. The quantitative estimate of drug-likeness (QED) is 0.728. The predicted octanol–water partition coefficient (Wildman–Crippen LogP) is 0.474. The number of ether oxygens (including phenoxy) is 2. The van der Waals surface area contributed by atoms with Crippen LogP contribution in [-0.2, 0) is 16.0 Å². The van der Waals surface area contributed by atoms with Gasteiger partial charge in [-0.3, -0.25) is 0 Å². The third-order valence-electron chi connectivity index (χ3n) is 3.27. The Kier molecular flexibility index (Phi) is 5.62. The van der Waals surface area contributed by atoms with E-state index < -0.39 is 0 Å². The maximum atomic E-state index is 5.68. The molecule has 0 aromatic carbocycles. The normalized spacial score (nSPS) is 19.9. The third kappa shape index (κ3) is 3.92. The van der Waals surface area contributed by atoms with E-state index in [1.54, 1.807) is 0 Å². The molecule has 1 atom stereocenters. The van der Waals surface area contributed by atoms with E-state index in [1.807, 2.05) is 19.3 Å². The second-order valence-electron chi connectivity index (χ2n) is 4.65. The zero-order valence-corrected chi connectivity index (χ0v) is 11.6. The molecule has 108 valence electrons. The molecule has 1 fully saturated rings. The third-order valence-corrected chi connectivity index (χ3v) is 3.27. The van der Waals surface area contributed by atoms with E-state index in [-0.39, 0.29) is 6.10 Å². The number of aromatic nitrogens is 2. The van der Waals surface area contributed by atoms with Crippen molar-refractivity contribution >= 4 is 5.95 Å². The first-order chi connectivity index (χ1) is 9.35. The molecule has 2 heterocycles. The van der Waals surface area contributed by atoms with Crippen LogP contribution in [0.1, 0.15) is 13.3 Å². The van der Waals surface area contributed by atoms with Crippen LogP contribution >= 0.6 is 0 Å². The fourth-order valence-electron chi connectivity index (χ4n) is 2.28. The number of nitrogens with zero attached hydrogens (tertiary/aromatic N) is 3. The Morgan fingerprint density at radius 3 is 3.26 bits per heavy atom. The largest absolute Gasteiger partial charge is 0.382 e. The first-order valence-corrected chi connectivity index (χ1v) is 7.00. The Morgan fingerprint density at radius 2 is 2.47 bits per heavy atom. The van der Waals surface area contributed by atoms with Crippen LogP contribution in [0.3, 0.4) is 0 Å². The number of rotatable bonds is 7. The number of nitrogens with two attached hydrogens (primary N) is 1. The van der Waals surface area contributed by atoms with Crippen LogP contribution in [0.4, 0.5) is 5.95 Å². The summed E-state index contributed by atoms with van der Waals surface area (Å²) in [5, 5.41) is 0. The van der Waals surface area contributed by atoms with Crippen molar-refractivity contribution in [2.24, 2.45) is 5.73 Å². The Hall–Kier alpha value is -1.11. The van der Waals surface area contributed by atoms with Gasteiger partial charge in [0.15, 0.2) is 0 Å². The number of hydrogen-bond donors (Lipinski definition) is 1. The minimum absolute atomic E-state index is 0.113. The molecule has 1 aromatic heterocycles. The molecule has 0 radical (unpaired) electrons. The van der Waals surface area contributed by atoms with E-state index in [0.29, 0.717) is 13.2 Å². The highest BCUT2D eigenvalue weighted by Crippen LogP contribution is 2.16. The molecular formula is C13H24N4O2. The van der Waals surface area contributed by atoms with Gasteiger partial charge in [-0.1, -0.05) is 0 Å². The average Bonchev–Trinajstić information content (AvgIpc) is 2.92. The van der Waals surface area contributed by atoms with Crippen molar-refractivity contribution in [3.63, 3.8) is 0 Å². The van der Waals surface area contributed by atoms with Crippen molar-refractivity contribution < 1.29 is 9.47 Å². The standard InChI is InChI=1S/C13H24N4O2/c1-2-18-8-3-5-16-6-4-15-13(16)17-7-9-19-12(10-14)11-17/h4,6,12H,2-3,5,7-11,14H2,1H3. The Balaban J connectivity index is 1.90. The van der Waals surface area contributed by atoms with E-state index >= 15 is 0 Å². The van der Waals surface area contributed by atoms with Crippen LogP contribution in [0, 0.1) is 0 Å². The molecule has 1 aliphatic heterocycles. The lowest BCUT2D eigenvalue weighted by Gasteiger charge is -2.33. The molecule has 0 aliphatic carbocycles. The zero-order chi connectivity index (χ0) is 13.5. The van der Waals surface area contributed by atoms with Gasteiger partial charge in [-0.05, 0) is 13.3 Å². The fraction of sp³-hybridized carbons (Fsp3) is 0.769. The first kappa shape index (κ1) is 14.3.